The van der Waals surface area contributed by atoms with Gasteiger partial charge in [-0.1, -0.05) is 6.07 Å². The van der Waals surface area contributed by atoms with Crippen molar-refractivity contribution >= 4 is 27.5 Å². The van der Waals surface area contributed by atoms with E-state index < -0.39 is 26.6 Å². The molecule has 2 aromatic rings. The van der Waals surface area contributed by atoms with Gasteiger partial charge in [-0.25, -0.2) is 17.2 Å². The van der Waals surface area contributed by atoms with Gasteiger partial charge < -0.3 is 10.2 Å². The van der Waals surface area contributed by atoms with Gasteiger partial charge in [-0.15, -0.1) is 0 Å². The number of nitrogens with zero attached hydrogens (tertiary/aromatic N) is 2. The Bertz CT molecular complexity index is 1010. The molecule has 2 aromatic carbocycles. The fourth-order valence-corrected chi connectivity index (χ4v) is 4.60. The Balaban J connectivity index is 1.68. The van der Waals surface area contributed by atoms with Crippen molar-refractivity contribution in [3.63, 3.8) is 0 Å². The van der Waals surface area contributed by atoms with Crippen molar-refractivity contribution in [2.75, 3.05) is 31.5 Å². The second-order valence-electron chi connectivity index (χ2n) is 6.51. The average Bonchev–Trinajstić information content (AvgIpc) is 2.67. The third-order valence-electron chi connectivity index (χ3n) is 4.49. The monoisotopic (exact) mass is 423 g/mol. The molecule has 0 bridgehead atoms. The standard InChI is InChI=1S/C19H19F2N3O4S/c1-13(25)22-15-7-5-14(6-8-15)19(26)23-9-11-24(12-10-23)29(27,28)18-16(20)3-2-4-17(18)21/h2-8H,9-12H2,1H3,(H,22,25). The quantitative estimate of drug-likeness (QED) is 0.816. The predicted molar refractivity (Wildman–Crippen MR) is 102 cm³/mol. The number of amides is 2. The number of rotatable bonds is 4. The van der Waals surface area contributed by atoms with Gasteiger partial charge in [0.05, 0.1) is 0 Å². The zero-order valence-electron chi connectivity index (χ0n) is 15.6. The lowest BCUT2D eigenvalue weighted by atomic mass is 10.1. The lowest BCUT2D eigenvalue weighted by molar-refractivity contribution is -0.114. The fraction of sp³-hybridized carbons (Fsp3) is 0.263. The van der Waals surface area contributed by atoms with E-state index in [9.17, 15) is 26.8 Å². The summed E-state index contributed by atoms with van der Waals surface area (Å²) in [6, 6.07) is 9.18. The number of hydrogen-bond acceptors (Lipinski definition) is 4. The molecule has 10 heteroatoms. The average molecular weight is 423 g/mol. The number of carbonyl (C=O) groups excluding carboxylic acids is 2. The molecule has 1 aliphatic rings. The summed E-state index contributed by atoms with van der Waals surface area (Å²) in [5.41, 5.74) is 0.937. The van der Waals surface area contributed by atoms with Crippen molar-refractivity contribution in [3.8, 4) is 0 Å². The van der Waals surface area contributed by atoms with E-state index in [-0.39, 0.29) is 38.0 Å². The Hall–Kier alpha value is -2.85. The highest BCUT2D eigenvalue weighted by Crippen LogP contribution is 2.24. The summed E-state index contributed by atoms with van der Waals surface area (Å²) < 4.78 is 54.0. The molecular weight excluding hydrogens is 404 g/mol. The van der Waals surface area contributed by atoms with Crippen LogP contribution >= 0.6 is 0 Å². The third-order valence-corrected chi connectivity index (χ3v) is 6.45. The van der Waals surface area contributed by atoms with Crippen LogP contribution < -0.4 is 5.32 Å². The van der Waals surface area contributed by atoms with Crippen LogP contribution in [-0.2, 0) is 14.8 Å². The normalized spacial score (nSPS) is 15.2. The van der Waals surface area contributed by atoms with Crippen LogP contribution in [0.15, 0.2) is 47.4 Å². The van der Waals surface area contributed by atoms with Crippen molar-refractivity contribution in [2.24, 2.45) is 0 Å². The maximum absolute atomic E-state index is 13.9. The lowest BCUT2D eigenvalue weighted by Crippen LogP contribution is -2.50. The van der Waals surface area contributed by atoms with Crippen LogP contribution in [0.2, 0.25) is 0 Å². The first-order valence-corrected chi connectivity index (χ1v) is 10.3. The van der Waals surface area contributed by atoms with Crippen LogP contribution in [0.3, 0.4) is 0 Å². The molecule has 1 aliphatic heterocycles. The SMILES string of the molecule is CC(=O)Nc1ccc(C(=O)N2CCN(S(=O)(=O)c3c(F)cccc3F)CC2)cc1. The van der Waals surface area contributed by atoms with Gasteiger partial charge >= 0.3 is 0 Å². The molecule has 0 unspecified atom stereocenters. The van der Waals surface area contributed by atoms with Gasteiger partial charge in [0.2, 0.25) is 15.9 Å². The molecule has 0 aliphatic carbocycles. The number of hydrogen-bond donors (Lipinski definition) is 1. The molecule has 3 rings (SSSR count). The molecule has 29 heavy (non-hydrogen) atoms. The highest BCUT2D eigenvalue weighted by atomic mass is 32.2. The molecule has 7 nitrogen and oxygen atoms in total. The Morgan fingerprint density at radius 2 is 1.48 bits per heavy atom. The number of halogens is 2. The highest BCUT2D eigenvalue weighted by molar-refractivity contribution is 7.89. The van der Waals surface area contributed by atoms with E-state index in [1.54, 1.807) is 24.3 Å². The van der Waals surface area contributed by atoms with Crippen LogP contribution in [0.25, 0.3) is 0 Å². The molecule has 1 saturated heterocycles. The van der Waals surface area contributed by atoms with Crippen molar-refractivity contribution < 1.29 is 26.8 Å². The van der Waals surface area contributed by atoms with Gasteiger partial charge in [0.1, 0.15) is 11.6 Å². The summed E-state index contributed by atoms with van der Waals surface area (Å²) in [7, 11) is -4.35. The smallest absolute Gasteiger partial charge is 0.253 e. The fourth-order valence-electron chi connectivity index (χ4n) is 3.07. The van der Waals surface area contributed by atoms with E-state index in [1.165, 1.54) is 11.8 Å². The van der Waals surface area contributed by atoms with Gasteiger partial charge in [0.15, 0.2) is 4.90 Å². The minimum Gasteiger partial charge on any atom is -0.336 e. The molecule has 1 fully saturated rings. The number of benzene rings is 2. The maximum atomic E-state index is 13.9. The van der Waals surface area contributed by atoms with Gasteiger partial charge in [-0.2, -0.15) is 4.31 Å². The Morgan fingerprint density at radius 1 is 0.931 bits per heavy atom. The first-order valence-electron chi connectivity index (χ1n) is 8.81. The van der Waals surface area contributed by atoms with Crippen molar-refractivity contribution in [3.05, 3.63) is 59.7 Å². The molecule has 0 aromatic heterocycles. The van der Waals surface area contributed by atoms with Gasteiger partial charge in [-0.3, -0.25) is 9.59 Å². The summed E-state index contributed by atoms with van der Waals surface area (Å²) in [5.74, 6) is -2.83. The van der Waals surface area contributed by atoms with Crippen molar-refractivity contribution in [1.82, 2.24) is 9.21 Å². The zero-order chi connectivity index (χ0) is 21.2. The lowest BCUT2D eigenvalue weighted by Gasteiger charge is -2.34. The van der Waals surface area contributed by atoms with Crippen LogP contribution in [-0.4, -0.2) is 55.6 Å². The number of nitrogens with one attached hydrogen (secondary N) is 1. The Kier molecular flexibility index (Phi) is 5.94. The molecule has 0 spiro atoms. The number of anilines is 1. The van der Waals surface area contributed by atoms with E-state index in [0.717, 1.165) is 22.5 Å². The van der Waals surface area contributed by atoms with E-state index in [1.807, 2.05) is 0 Å². The summed E-state index contributed by atoms with van der Waals surface area (Å²) in [6.45, 7) is 1.39. The number of sulfonamides is 1. The maximum Gasteiger partial charge on any atom is 0.253 e. The van der Waals surface area contributed by atoms with Gasteiger partial charge in [0, 0.05) is 44.4 Å². The minimum absolute atomic E-state index is 0.0776. The molecule has 1 N–H and O–H groups in total. The second kappa shape index (κ2) is 8.26. The first-order chi connectivity index (χ1) is 13.7. The molecule has 2 amide bonds. The number of piperazine rings is 1. The summed E-state index contributed by atoms with van der Waals surface area (Å²) >= 11 is 0. The largest absolute Gasteiger partial charge is 0.336 e. The number of carbonyl (C=O) groups is 2. The van der Waals surface area contributed by atoms with E-state index >= 15 is 0 Å². The van der Waals surface area contributed by atoms with Crippen molar-refractivity contribution in [1.29, 1.82) is 0 Å². The predicted octanol–water partition coefficient (Wildman–Crippen LogP) is 2.07. The van der Waals surface area contributed by atoms with Crippen LogP contribution in [0.5, 0.6) is 0 Å². The highest BCUT2D eigenvalue weighted by Gasteiger charge is 2.34. The Labute approximate surface area is 167 Å². The molecule has 0 atom stereocenters. The zero-order valence-corrected chi connectivity index (χ0v) is 16.4. The van der Waals surface area contributed by atoms with Gasteiger partial charge in [0.25, 0.3) is 5.91 Å². The van der Waals surface area contributed by atoms with Crippen LogP contribution in [0, 0.1) is 11.6 Å². The molecular formula is C19H19F2N3O4S. The van der Waals surface area contributed by atoms with Gasteiger partial charge in [-0.05, 0) is 36.4 Å². The minimum atomic E-state index is -4.35. The van der Waals surface area contributed by atoms with E-state index in [0.29, 0.717) is 11.3 Å². The molecule has 1 heterocycles. The van der Waals surface area contributed by atoms with Crippen molar-refractivity contribution in [2.45, 2.75) is 11.8 Å². The second-order valence-corrected chi connectivity index (χ2v) is 8.38. The summed E-state index contributed by atoms with van der Waals surface area (Å²) in [4.78, 5) is 24.2. The summed E-state index contributed by atoms with van der Waals surface area (Å²) in [6.07, 6.45) is 0. The van der Waals surface area contributed by atoms with E-state index in [4.69, 9.17) is 0 Å². The summed E-state index contributed by atoms with van der Waals surface area (Å²) in [5, 5.41) is 2.60. The molecule has 0 radical (unpaired) electrons. The molecule has 0 saturated carbocycles. The third kappa shape index (κ3) is 4.43. The molecule has 154 valence electrons. The van der Waals surface area contributed by atoms with Crippen LogP contribution in [0.4, 0.5) is 14.5 Å². The topological polar surface area (TPSA) is 86.8 Å². The van der Waals surface area contributed by atoms with E-state index in [2.05, 4.69) is 5.32 Å². The Morgan fingerprint density at radius 3 is 2.00 bits per heavy atom. The first kappa shape index (κ1) is 20.9. The van der Waals surface area contributed by atoms with Crippen LogP contribution in [0.1, 0.15) is 17.3 Å².